The monoisotopic (exact) mass is 732 g/mol. The molecule has 0 saturated carbocycles. The van der Waals surface area contributed by atoms with Crippen LogP contribution in [0.25, 0.3) is 5.69 Å². The van der Waals surface area contributed by atoms with Crippen molar-refractivity contribution in [1.29, 1.82) is 0 Å². The first-order chi connectivity index (χ1) is 24.8. The zero-order valence-electron chi connectivity index (χ0n) is 28.8. The summed E-state index contributed by atoms with van der Waals surface area (Å²) in [6.45, 7) is 8.99. The number of benzene rings is 3. The molecule has 0 bridgehead atoms. The molecule has 3 aromatic carbocycles. The largest absolute Gasteiger partial charge is 0.491 e. The number of piperazine rings is 1. The summed E-state index contributed by atoms with van der Waals surface area (Å²) in [6.07, 6.45) is 6.70. The predicted octanol–water partition coefficient (Wildman–Crippen LogP) is 6.36. The van der Waals surface area contributed by atoms with Gasteiger partial charge in [0.2, 0.25) is 0 Å². The van der Waals surface area contributed by atoms with Crippen molar-refractivity contribution in [2.45, 2.75) is 57.6 Å². The van der Waals surface area contributed by atoms with E-state index in [9.17, 15) is 4.79 Å². The van der Waals surface area contributed by atoms with E-state index in [1.165, 1.54) is 6.33 Å². The number of aromatic nitrogens is 6. The Labute approximate surface area is 307 Å². The Bertz CT molecular complexity index is 1940. The second kappa shape index (κ2) is 15.5. The van der Waals surface area contributed by atoms with Gasteiger partial charge in [-0.2, -0.15) is 10.2 Å². The lowest BCUT2D eigenvalue weighted by atomic mass is 10.0. The molecule has 7 rings (SSSR count). The third-order valence-electron chi connectivity index (χ3n) is 9.67. The van der Waals surface area contributed by atoms with Crippen molar-refractivity contribution < 1.29 is 14.2 Å². The van der Waals surface area contributed by atoms with E-state index in [-0.39, 0.29) is 17.8 Å². The van der Waals surface area contributed by atoms with Crippen LogP contribution in [0.2, 0.25) is 10.0 Å². The van der Waals surface area contributed by atoms with Crippen LogP contribution in [0.1, 0.15) is 44.7 Å². The summed E-state index contributed by atoms with van der Waals surface area (Å²) in [5.74, 6) is -0.246. The van der Waals surface area contributed by atoms with Gasteiger partial charge in [-0.15, -0.1) is 0 Å². The van der Waals surface area contributed by atoms with E-state index >= 15 is 0 Å². The molecule has 2 saturated heterocycles. The Morgan fingerprint density at radius 1 is 0.922 bits per heavy atom. The molecule has 2 aliphatic heterocycles. The number of rotatable bonds is 13. The fourth-order valence-electron chi connectivity index (χ4n) is 6.63. The second-order valence-corrected chi connectivity index (χ2v) is 13.8. The topological polar surface area (TPSA) is 105 Å². The SMILES string of the molecule is CCC(C)n1ncn(-c2ccc(N3CCN(c4ccc(OCC5COC(CCCn6cncn6)(c6ccc(Cl)cc6Cl)O5)cc4)CC3)cc2)c1=O. The van der Waals surface area contributed by atoms with Gasteiger partial charge in [0.15, 0.2) is 5.79 Å². The Morgan fingerprint density at radius 2 is 1.61 bits per heavy atom. The number of aryl methyl sites for hydroxylation is 1. The van der Waals surface area contributed by atoms with Crippen molar-refractivity contribution >= 4 is 34.6 Å². The van der Waals surface area contributed by atoms with Crippen LogP contribution >= 0.6 is 23.2 Å². The van der Waals surface area contributed by atoms with Gasteiger partial charge < -0.3 is 24.0 Å². The van der Waals surface area contributed by atoms with Gasteiger partial charge in [-0.1, -0.05) is 36.2 Å². The molecule has 2 aromatic heterocycles. The summed E-state index contributed by atoms with van der Waals surface area (Å²) in [5.41, 5.74) is 3.74. The van der Waals surface area contributed by atoms with Crippen LogP contribution in [0.15, 0.2) is 90.5 Å². The molecule has 0 amide bonds. The number of anilines is 2. The number of nitrogens with zero attached hydrogens (tertiary/aromatic N) is 8. The molecule has 2 aliphatic rings. The maximum Gasteiger partial charge on any atom is 0.350 e. The van der Waals surface area contributed by atoms with Crippen molar-refractivity contribution in [3.05, 3.63) is 112 Å². The van der Waals surface area contributed by atoms with Crippen molar-refractivity contribution in [2.75, 3.05) is 49.2 Å². The molecular weight excluding hydrogens is 691 g/mol. The number of hydrogen-bond acceptors (Lipinski definition) is 9. The summed E-state index contributed by atoms with van der Waals surface area (Å²) in [7, 11) is 0. The van der Waals surface area contributed by atoms with Gasteiger partial charge in [0.1, 0.15) is 37.4 Å². The quantitative estimate of drug-likeness (QED) is 0.137. The first-order valence-corrected chi connectivity index (χ1v) is 18.2. The molecule has 51 heavy (non-hydrogen) atoms. The Hall–Kier alpha value is -4.36. The second-order valence-electron chi connectivity index (χ2n) is 13.0. The lowest BCUT2D eigenvalue weighted by Crippen LogP contribution is -2.46. The minimum atomic E-state index is -1.01. The van der Waals surface area contributed by atoms with Crippen LogP contribution in [-0.4, -0.2) is 74.6 Å². The third-order valence-corrected chi connectivity index (χ3v) is 10.2. The van der Waals surface area contributed by atoms with Gasteiger partial charge >= 0.3 is 5.69 Å². The Morgan fingerprint density at radius 3 is 2.25 bits per heavy atom. The molecule has 0 spiro atoms. The molecule has 3 atom stereocenters. The lowest BCUT2D eigenvalue weighted by molar-refractivity contribution is -0.185. The minimum absolute atomic E-state index is 0.0652. The summed E-state index contributed by atoms with van der Waals surface area (Å²) in [5, 5.41) is 9.55. The smallest absolute Gasteiger partial charge is 0.350 e. The van der Waals surface area contributed by atoms with E-state index in [0.717, 1.165) is 67.4 Å². The Kier molecular flexibility index (Phi) is 10.6. The molecule has 0 radical (unpaired) electrons. The predicted molar refractivity (Wildman–Crippen MR) is 197 cm³/mol. The highest BCUT2D eigenvalue weighted by molar-refractivity contribution is 6.35. The van der Waals surface area contributed by atoms with Crippen molar-refractivity contribution in [3.63, 3.8) is 0 Å². The van der Waals surface area contributed by atoms with Crippen molar-refractivity contribution in [2.24, 2.45) is 0 Å². The van der Waals surface area contributed by atoms with Gasteiger partial charge in [0.25, 0.3) is 0 Å². The van der Waals surface area contributed by atoms with Crippen LogP contribution in [0.4, 0.5) is 11.4 Å². The number of ether oxygens (including phenoxy) is 3. The first kappa shape index (κ1) is 35.1. The molecular formula is C37H42Cl2N8O4. The van der Waals surface area contributed by atoms with E-state index in [4.69, 9.17) is 37.4 Å². The number of halogens is 2. The van der Waals surface area contributed by atoms with Crippen molar-refractivity contribution in [1.82, 2.24) is 29.1 Å². The molecule has 5 aromatic rings. The third kappa shape index (κ3) is 7.79. The van der Waals surface area contributed by atoms with E-state index < -0.39 is 5.79 Å². The molecule has 4 heterocycles. The van der Waals surface area contributed by atoms with Crippen LogP contribution in [0, 0.1) is 0 Å². The summed E-state index contributed by atoms with van der Waals surface area (Å²) in [4.78, 5) is 21.6. The highest BCUT2D eigenvalue weighted by atomic mass is 35.5. The normalized spacial score (nSPS) is 19.8. The fourth-order valence-corrected chi connectivity index (χ4v) is 7.18. The molecule has 0 N–H and O–H groups in total. The van der Waals surface area contributed by atoms with Gasteiger partial charge in [-0.05, 0) is 80.4 Å². The highest BCUT2D eigenvalue weighted by Gasteiger charge is 2.44. The van der Waals surface area contributed by atoms with Crippen LogP contribution in [-0.2, 0) is 21.8 Å². The summed E-state index contributed by atoms with van der Waals surface area (Å²) in [6, 6.07) is 21.8. The standard InChI is InChI=1S/C37H42Cl2N8O4/c1-3-27(2)47-36(48)46(26-42-47)31-8-6-29(7-9-31)43-17-19-44(20-18-43)30-10-12-32(13-11-30)49-22-33-23-50-37(51-33,15-4-16-45-25-40-24-41-45)34-14-5-28(38)21-35(34)39/h5-14,21,24-27,33H,3-4,15-20,22-23H2,1-2H3. The van der Waals surface area contributed by atoms with Gasteiger partial charge in [-0.25, -0.2) is 19.0 Å². The summed E-state index contributed by atoms with van der Waals surface area (Å²) < 4.78 is 24.0. The summed E-state index contributed by atoms with van der Waals surface area (Å²) >= 11 is 12.8. The maximum atomic E-state index is 12.8. The average molecular weight is 734 g/mol. The van der Waals surface area contributed by atoms with Gasteiger partial charge in [0.05, 0.1) is 23.4 Å². The average Bonchev–Trinajstić information content (AvgIpc) is 3.92. The van der Waals surface area contributed by atoms with E-state index in [0.29, 0.717) is 36.2 Å². The maximum absolute atomic E-state index is 12.8. The fraction of sp³-hybridized carbons (Fsp3) is 0.405. The zero-order chi connectivity index (χ0) is 35.4. The van der Waals surface area contributed by atoms with Crippen molar-refractivity contribution in [3.8, 4) is 11.4 Å². The van der Waals surface area contributed by atoms with E-state index in [1.54, 1.807) is 38.7 Å². The molecule has 12 nitrogen and oxygen atoms in total. The van der Waals surface area contributed by atoms with Gasteiger partial charge in [0, 0.05) is 61.1 Å². The highest BCUT2D eigenvalue weighted by Crippen LogP contribution is 2.42. The van der Waals surface area contributed by atoms with Crippen LogP contribution in [0.3, 0.4) is 0 Å². The number of hydrogen-bond donors (Lipinski definition) is 0. The zero-order valence-corrected chi connectivity index (χ0v) is 30.3. The van der Waals surface area contributed by atoms with Gasteiger partial charge in [-0.3, -0.25) is 4.68 Å². The molecule has 3 unspecified atom stereocenters. The van der Waals surface area contributed by atoms with E-state index in [1.807, 2.05) is 44.2 Å². The Balaban J connectivity index is 0.913. The first-order valence-electron chi connectivity index (χ1n) is 17.4. The molecule has 268 valence electrons. The molecule has 14 heteroatoms. The van der Waals surface area contributed by atoms with Crippen LogP contribution in [0.5, 0.6) is 5.75 Å². The molecule has 0 aliphatic carbocycles. The van der Waals surface area contributed by atoms with Crippen LogP contribution < -0.4 is 20.2 Å². The van der Waals surface area contributed by atoms with E-state index in [2.05, 4.69) is 49.2 Å². The molecule has 2 fully saturated rings. The lowest BCUT2D eigenvalue weighted by Gasteiger charge is -2.37. The minimum Gasteiger partial charge on any atom is -0.491 e.